The van der Waals surface area contributed by atoms with E-state index in [2.05, 4.69) is 16.1 Å². The minimum Gasteiger partial charge on any atom is -0.481 e. The van der Waals surface area contributed by atoms with E-state index in [4.69, 9.17) is 11.2 Å². The third-order valence-electron chi connectivity index (χ3n) is 10.0. The summed E-state index contributed by atoms with van der Waals surface area (Å²) in [6, 6.07) is 0.479. The first kappa shape index (κ1) is 39.6. The number of aliphatic carboxylic acids is 1. The lowest BCUT2D eigenvalue weighted by Gasteiger charge is -2.34. The van der Waals surface area contributed by atoms with Crippen molar-refractivity contribution in [3.8, 4) is 23.5 Å². The Morgan fingerprint density at radius 3 is 2.21 bits per heavy atom. The molecular formula is C39H41F6N3O5. The van der Waals surface area contributed by atoms with Crippen molar-refractivity contribution in [3.63, 3.8) is 0 Å². The number of halogens is 6. The van der Waals surface area contributed by atoms with E-state index in [9.17, 15) is 37.1 Å². The number of carboxylic acid groups (broad SMARTS) is 1. The zero-order chi connectivity index (χ0) is 38.9. The molecule has 0 radical (unpaired) electrons. The molecule has 0 saturated carbocycles. The van der Waals surface area contributed by atoms with Crippen molar-refractivity contribution in [2.45, 2.75) is 90.1 Å². The number of morpholine rings is 1. The van der Waals surface area contributed by atoms with Crippen LogP contribution in [0, 0.1) is 49.6 Å². The Kier molecular flexibility index (Phi) is 11.8. The molecule has 2 saturated heterocycles. The molecular weight excluding hydrogens is 704 g/mol. The first-order valence-electron chi connectivity index (χ1n) is 17.3. The number of aryl methyl sites for hydroxylation is 2. The van der Waals surface area contributed by atoms with Crippen molar-refractivity contribution in [1.29, 1.82) is 0 Å². The molecule has 4 atom stereocenters. The average Bonchev–Trinajstić information content (AvgIpc) is 3.27. The number of nitrogens with zero attached hydrogens (tertiary/aromatic N) is 2. The van der Waals surface area contributed by atoms with Gasteiger partial charge in [-0.05, 0) is 85.9 Å². The molecule has 2 fully saturated rings. The molecule has 2 unspecified atom stereocenters. The van der Waals surface area contributed by atoms with E-state index in [1.165, 1.54) is 13.8 Å². The zero-order valence-corrected chi connectivity index (χ0v) is 29.8. The average molecular weight is 746 g/mol. The predicted molar refractivity (Wildman–Crippen MR) is 185 cm³/mol. The van der Waals surface area contributed by atoms with Gasteiger partial charge in [-0.15, -0.1) is 6.42 Å². The number of nitrogens with one attached hydrogen (secondary N) is 1. The molecule has 2 bridgehead atoms. The Labute approximate surface area is 303 Å². The van der Waals surface area contributed by atoms with E-state index in [0.717, 1.165) is 41.8 Å². The van der Waals surface area contributed by atoms with Crippen LogP contribution in [-0.4, -0.2) is 58.3 Å². The van der Waals surface area contributed by atoms with Crippen molar-refractivity contribution in [3.05, 3.63) is 91.6 Å². The summed E-state index contributed by atoms with van der Waals surface area (Å²) < 4.78 is 96.0. The van der Waals surface area contributed by atoms with Gasteiger partial charge in [0.25, 0.3) is 5.56 Å². The molecule has 14 heteroatoms. The van der Waals surface area contributed by atoms with Gasteiger partial charge < -0.3 is 19.7 Å². The molecule has 2 aliphatic rings. The number of terminal acetylenes is 1. The van der Waals surface area contributed by atoms with Crippen molar-refractivity contribution in [2.24, 2.45) is 5.92 Å². The molecule has 1 aromatic heterocycles. The van der Waals surface area contributed by atoms with E-state index in [1.807, 2.05) is 0 Å². The summed E-state index contributed by atoms with van der Waals surface area (Å²) in [6.07, 6.45) is 2.15. The fourth-order valence-corrected chi connectivity index (χ4v) is 7.67. The van der Waals surface area contributed by atoms with Gasteiger partial charge in [0.2, 0.25) is 5.91 Å². The number of rotatable bonds is 12. The number of alkyl halides is 3. The molecule has 0 aliphatic carbocycles. The summed E-state index contributed by atoms with van der Waals surface area (Å²) in [5.41, 5.74) is -3.37. The van der Waals surface area contributed by atoms with Gasteiger partial charge in [0.15, 0.2) is 0 Å². The molecule has 2 N–H and O–H groups in total. The smallest absolute Gasteiger partial charge is 0.416 e. The quantitative estimate of drug-likeness (QED) is 0.155. The number of amides is 1. The highest BCUT2D eigenvalue weighted by Crippen LogP contribution is 2.38. The maximum atomic E-state index is 16.5. The maximum absolute atomic E-state index is 16.5. The van der Waals surface area contributed by atoms with E-state index >= 15 is 8.78 Å². The van der Waals surface area contributed by atoms with Crippen LogP contribution in [0.5, 0.6) is 0 Å². The molecule has 284 valence electrons. The number of carboxylic acids is 1. The number of hydrogen-bond donors (Lipinski definition) is 2. The summed E-state index contributed by atoms with van der Waals surface area (Å²) in [5, 5.41) is 12.2. The molecule has 53 heavy (non-hydrogen) atoms. The summed E-state index contributed by atoms with van der Waals surface area (Å²) in [5.74, 6) is -3.99. The van der Waals surface area contributed by atoms with Crippen LogP contribution in [-0.2, 0) is 26.9 Å². The van der Waals surface area contributed by atoms with Gasteiger partial charge in [-0.1, -0.05) is 19.8 Å². The van der Waals surface area contributed by atoms with Crippen LogP contribution in [0.15, 0.2) is 35.3 Å². The molecule has 3 aromatic rings. The van der Waals surface area contributed by atoms with Crippen molar-refractivity contribution in [1.82, 2.24) is 14.8 Å². The minimum absolute atomic E-state index is 0.0600. The predicted octanol–water partition coefficient (Wildman–Crippen LogP) is 6.87. The maximum Gasteiger partial charge on any atom is 0.416 e. The number of pyridine rings is 1. The van der Waals surface area contributed by atoms with Crippen LogP contribution >= 0.6 is 0 Å². The zero-order valence-electron chi connectivity index (χ0n) is 29.8. The third kappa shape index (κ3) is 8.47. The number of carbonyl (C=O) groups excluding carboxylic acids is 1. The lowest BCUT2D eigenvalue weighted by Crippen LogP contribution is -2.46. The van der Waals surface area contributed by atoms with Crippen LogP contribution in [0.25, 0.3) is 11.1 Å². The first-order chi connectivity index (χ1) is 24.9. The van der Waals surface area contributed by atoms with Crippen molar-refractivity contribution in [2.75, 3.05) is 19.8 Å². The van der Waals surface area contributed by atoms with Crippen LogP contribution in [0.2, 0.25) is 0 Å². The standard InChI is InChI=1S/C39H41F6N3O5/c1-6-23-14-28(34-21(4)12-25(40)13-22(34)5)37(42)35(36(23)41)30(16-33(50)51)46-38(52)31(11-20(2)3)48-17-24(29(15-32(48)49)39(43,44)45)9-10-47-26-7-8-27(47)19-53-18-26/h1,12-15,17,20,26-27,30-31H,7-11,16,18-19H2,2-5H3,(H,46,52)(H,50,51)/t26?,27?,30-,31-/m1/s1. The number of carbonyl (C=O) groups is 2. The molecule has 2 aromatic carbocycles. The van der Waals surface area contributed by atoms with Gasteiger partial charge in [0, 0.05) is 42.0 Å². The lowest BCUT2D eigenvalue weighted by atomic mass is 9.89. The minimum atomic E-state index is -4.88. The fourth-order valence-electron chi connectivity index (χ4n) is 7.67. The SMILES string of the molecule is C#Cc1cc(-c2c(C)cc(F)cc2C)c(F)c([C@@H](CC(=O)O)NC(=O)[C@@H](CC(C)C)n2cc(CCN3C4CCC3COC4)c(C(F)(F)F)cc2=O)c1F. The second kappa shape index (κ2) is 15.8. The number of fused-ring (bicyclic) bond motifs is 2. The van der Waals surface area contributed by atoms with Gasteiger partial charge in [0.05, 0.1) is 36.8 Å². The monoisotopic (exact) mass is 745 g/mol. The van der Waals surface area contributed by atoms with E-state index in [-0.39, 0.29) is 65.2 Å². The number of hydrogen-bond acceptors (Lipinski definition) is 5. The van der Waals surface area contributed by atoms with Crippen molar-refractivity contribution >= 4 is 11.9 Å². The van der Waals surface area contributed by atoms with E-state index in [1.54, 1.807) is 13.8 Å². The molecule has 8 nitrogen and oxygen atoms in total. The molecule has 0 spiro atoms. The second-order valence-electron chi connectivity index (χ2n) is 14.2. The van der Waals surface area contributed by atoms with Crippen LogP contribution in [0.1, 0.15) is 85.0 Å². The highest BCUT2D eigenvalue weighted by molar-refractivity contribution is 5.82. The number of benzene rings is 2. The van der Waals surface area contributed by atoms with E-state index in [0.29, 0.717) is 19.3 Å². The molecule has 3 heterocycles. The highest BCUT2D eigenvalue weighted by atomic mass is 19.4. The van der Waals surface area contributed by atoms with Gasteiger partial charge >= 0.3 is 12.1 Å². The largest absolute Gasteiger partial charge is 0.481 e. The van der Waals surface area contributed by atoms with Gasteiger partial charge in [-0.2, -0.15) is 13.2 Å². The Morgan fingerprint density at radius 2 is 1.66 bits per heavy atom. The number of ether oxygens (including phenoxy) is 1. The molecule has 1 amide bonds. The Hall–Kier alpha value is -4.61. The van der Waals surface area contributed by atoms with Crippen LogP contribution in [0.4, 0.5) is 26.3 Å². The lowest BCUT2D eigenvalue weighted by molar-refractivity contribution is -0.139. The van der Waals surface area contributed by atoms with Crippen LogP contribution < -0.4 is 10.9 Å². The topological polar surface area (TPSA) is 101 Å². The highest BCUT2D eigenvalue weighted by Gasteiger charge is 2.39. The number of aromatic nitrogens is 1. The first-order valence-corrected chi connectivity index (χ1v) is 17.3. The van der Waals surface area contributed by atoms with Gasteiger partial charge in [-0.3, -0.25) is 19.3 Å². The molecule has 2 aliphatic heterocycles. The Morgan fingerprint density at radius 1 is 1.04 bits per heavy atom. The fraction of sp³-hybridized carbons (Fsp3) is 0.462. The third-order valence-corrected chi connectivity index (χ3v) is 10.0. The molecule has 5 rings (SSSR count). The summed E-state index contributed by atoms with van der Waals surface area (Å²) in [4.78, 5) is 41.7. The Bertz CT molecular complexity index is 1960. The normalized spacial score (nSPS) is 18.5. The summed E-state index contributed by atoms with van der Waals surface area (Å²) >= 11 is 0. The van der Waals surface area contributed by atoms with E-state index < -0.39 is 76.3 Å². The second-order valence-corrected chi connectivity index (χ2v) is 14.2. The van der Waals surface area contributed by atoms with Crippen LogP contribution in [0.3, 0.4) is 0 Å². The summed E-state index contributed by atoms with van der Waals surface area (Å²) in [7, 11) is 0. The van der Waals surface area contributed by atoms with Crippen molar-refractivity contribution < 1.29 is 45.8 Å². The van der Waals surface area contributed by atoms with Gasteiger partial charge in [-0.25, -0.2) is 13.2 Å². The van der Waals surface area contributed by atoms with Gasteiger partial charge in [0.1, 0.15) is 23.5 Å². The Balaban J connectivity index is 1.58. The summed E-state index contributed by atoms with van der Waals surface area (Å²) in [6.45, 7) is 7.58.